The van der Waals surface area contributed by atoms with Gasteiger partial charge < -0.3 is 29.5 Å². The van der Waals surface area contributed by atoms with Crippen LogP contribution in [0.15, 0.2) is 60.7 Å². The van der Waals surface area contributed by atoms with Gasteiger partial charge in [-0.1, -0.05) is 60.7 Å². The summed E-state index contributed by atoms with van der Waals surface area (Å²) in [6, 6.07) is 18.1. The molecule has 0 aliphatic carbocycles. The van der Waals surface area contributed by atoms with Crippen LogP contribution >= 0.6 is 0 Å². The Labute approximate surface area is 241 Å². The van der Waals surface area contributed by atoms with Crippen LogP contribution in [-0.2, 0) is 34.2 Å². The van der Waals surface area contributed by atoms with Crippen molar-refractivity contribution in [2.24, 2.45) is 5.73 Å². The Morgan fingerprint density at radius 2 is 1.49 bits per heavy atom. The van der Waals surface area contributed by atoms with E-state index in [1.54, 1.807) is 24.3 Å². The summed E-state index contributed by atoms with van der Waals surface area (Å²) in [6.45, 7) is 3.99. The molecule has 0 radical (unpaired) electrons. The highest BCUT2D eigenvalue weighted by atomic mass is 16.7. The molecule has 3 aliphatic rings. The summed E-state index contributed by atoms with van der Waals surface area (Å²) in [4.78, 5) is 38.0. The average molecular weight is 566 g/mol. The number of benzene rings is 2. The highest BCUT2D eigenvalue weighted by Crippen LogP contribution is 2.47. The first-order chi connectivity index (χ1) is 19.7. The van der Waals surface area contributed by atoms with E-state index in [4.69, 9.17) is 25.1 Å². The Bertz CT molecular complexity index is 1160. The standard InChI is InChI=1S/C32H40N2O7/c1-22(39-30(37)28(33)16-17-29(35)36)41-32(23-10-4-2-5-11-23,24-12-6-3-7-13-24)31(38)40-27-20-25-14-15-26(21-27)34(25)18-8-9-19-34/h2-7,10-13,22,25-28H,8-9,14-21,33H2,1H3/p+1/t22-,25?,26?,27?,28-/m0/s1. The smallest absolute Gasteiger partial charge is 0.348 e. The van der Waals surface area contributed by atoms with Crippen molar-refractivity contribution in [1.82, 2.24) is 0 Å². The van der Waals surface area contributed by atoms with E-state index in [0.717, 1.165) is 12.8 Å². The molecule has 41 heavy (non-hydrogen) atoms. The van der Waals surface area contributed by atoms with Crippen LogP contribution < -0.4 is 5.73 Å². The van der Waals surface area contributed by atoms with Crippen molar-refractivity contribution in [2.75, 3.05) is 13.1 Å². The zero-order chi connectivity index (χ0) is 29.0. The first-order valence-corrected chi connectivity index (χ1v) is 14.8. The maximum Gasteiger partial charge on any atom is 0.348 e. The monoisotopic (exact) mass is 565 g/mol. The Morgan fingerprint density at radius 1 is 0.951 bits per heavy atom. The van der Waals surface area contributed by atoms with Gasteiger partial charge in [0.2, 0.25) is 11.9 Å². The topological polar surface area (TPSA) is 125 Å². The molecule has 2 aromatic carbocycles. The maximum atomic E-state index is 14.4. The van der Waals surface area contributed by atoms with Gasteiger partial charge in [-0.05, 0) is 24.5 Å². The summed E-state index contributed by atoms with van der Waals surface area (Å²) < 4.78 is 19.5. The second kappa shape index (κ2) is 12.3. The molecular formula is C32H41N2O7+. The Morgan fingerprint density at radius 3 is 2.00 bits per heavy atom. The van der Waals surface area contributed by atoms with Gasteiger partial charge in [-0.25, -0.2) is 4.79 Å². The lowest BCUT2D eigenvalue weighted by atomic mass is 9.85. The van der Waals surface area contributed by atoms with Gasteiger partial charge in [0, 0.05) is 44.9 Å². The number of ether oxygens (including phenoxy) is 3. The van der Waals surface area contributed by atoms with E-state index < -0.39 is 35.8 Å². The molecule has 3 N–H and O–H groups in total. The van der Waals surface area contributed by atoms with Crippen LogP contribution in [-0.4, -0.2) is 71.1 Å². The number of hydrogen-bond acceptors (Lipinski definition) is 7. The molecule has 5 rings (SSSR count). The zero-order valence-corrected chi connectivity index (χ0v) is 23.7. The number of esters is 2. The fraction of sp³-hybridized carbons (Fsp3) is 0.531. The molecule has 1 spiro atoms. The molecular weight excluding hydrogens is 524 g/mol. The van der Waals surface area contributed by atoms with Crippen LogP contribution in [0.3, 0.4) is 0 Å². The number of nitrogens with two attached hydrogens (primary N) is 1. The normalized spacial score (nSPS) is 24.5. The van der Waals surface area contributed by atoms with E-state index in [1.165, 1.54) is 50.2 Å². The van der Waals surface area contributed by atoms with Crippen LogP contribution in [0, 0.1) is 0 Å². The number of rotatable bonds is 11. The van der Waals surface area contributed by atoms with Crippen LogP contribution in [0.25, 0.3) is 0 Å². The number of carboxylic acid groups (broad SMARTS) is 1. The molecule has 9 nitrogen and oxygen atoms in total. The minimum Gasteiger partial charge on any atom is -0.481 e. The predicted molar refractivity (Wildman–Crippen MR) is 150 cm³/mol. The van der Waals surface area contributed by atoms with Crippen molar-refractivity contribution >= 4 is 17.9 Å². The molecule has 4 atom stereocenters. The lowest BCUT2D eigenvalue weighted by Gasteiger charge is -2.47. The van der Waals surface area contributed by atoms with Crippen LogP contribution in [0.1, 0.15) is 69.4 Å². The highest BCUT2D eigenvalue weighted by molar-refractivity contribution is 5.86. The van der Waals surface area contributed by atoms with Gasteiger partial charge in [-0.2, -0.15) is 0 Å². The predicted octanol–water partition coefficient (Wildman–Crippen LogP) is 3.88. The fourth-order valence-electron chi connectivity index (χ4n) is 7.39. The molecule has 3 fully saturated rings. The SMILES string of the molecule is C[C@@H](OC(=O)[C@@H](N)CCC(=O)O)OC(C(=O)OC1CC2CCC(C1)[N+]21CCCC1)(c1ccccc1)c1ccccc1. The third-order valence-corrected chi connectivity index (χ3v) is 9.27. The van der Waals surface area contributed by atoms with Crippen molar-refractivity contribution in [1.29, 1.82) is 0 Å². The molecule has 9 heteroatoms. The van der Waals surface area contributed by atoms with Gasteiger partial charge in [0.05, 0.1) is 25.2 Å². The second-order valence-electron chi connectivity index (χ2n) is 11.7. The number of carbonyl (C=O) groups excluding carboxylic acids is 2. The van der Waals surface area contributed by atoms with Gasteiger partial charge in [0.1, 0.15) is 12.1 Å². The Balaban J connectivity index is 1.41. The Hall–Kier alpha value is -3.27. The van der Waals surface area contributed by atoms with E-state index in [9.17, 15) is 14.4 Å². The van der Waals surface area contributed by atoms with Gasteiger partial charge in [0.25, 0.3) is 0 Å². The summed E-state index contributed by atoms with van der Waals surface area (Å²) in [6.07, 6.45) is 4.82. The summed E-state index contributed by atoms with van der Waals surface area (Å²) >= 11 is 0. The number of quaternary nitrogens is 1. The minimum atomic E-state index is -1.70. The van der Waals surface area contributed by atoms with Gasteiger partial charge in [-0.3, -0.25) is 9.59 Å². The van der Waals surface area contributed by atoms with E-state index in [1.807, 2.05) is 36.4 Å². The molecule has 0 saturated carbocycles. The largest absolute Gasteiger partial charge is 0.481 e. The first kappa shape index (κ1) is 29.2. The highest BCUT2D eigenvalue weighted by Gasteiger charge is 2.57. The van der Waals surface area contributed by atoms with Crippen molar-refractivity contribution < 1.29 is 38.2 Å². The number of aliphatic carboxylic acids is 1. The lowest BCUT2D eigenvalue weighted by molar-refractivity contribution is -0.956. The third kappa shape index (κ3) is 5.89. The molecule has 3 heterocycles. The van der Waals surface area contributed by atoms with Crippen molar-refractivity contribution in [2.45, 2.75) is 94.4 Å². The fourth-order valence-corrected chi connectivity index (χ4v) is 7.39. The van der Waals surface area contributed by atoms with E-state index >= 15 is 0 Å². The second-order valence-corrected chi connectivity index (χ2v) is 11.7. The molecule has 3 aliphatic heterocycles. The summed E-state index contributed by atoms with van der Waals surface area (Å²) in [5.74, 6) is -2.40. The number of nitrogens with zero attached hydrogens (tertiary/aromatic N) is 1. The first-order valence-electron chi connectivity index (χ1n) is 14.8. The Kier molecular flexibility index (Phi) is 8.77. The van der Waals surface area contributed by atoms with Crippen molar-refractivity contribution in [3.8, 4) is 0 Å². The van der Waals surface area contributed by atoms with Crippen LogP contribution in [0.5, 0.6) is 0 Å². The molecule has 3 saturated heterocycles. The minimum absolute atomic E-state index is 0.0740. The summed E-state index contributed by atoms with van der Waals surface area (Å²) in [7, 11) is 0. The van der Waals surface area contributed by atoms with E-state index in [0.29, 0.717) is 23.2 Å². The summed E-state index contributed by atoms with van der Waals surface area (Å²) in [5, 5.41) is 8.94. The zero-order valence-electron chi connectivity index (χ0n) is 23.7. The number of carbonyl (C=O) groups is 3. The van der Waals surface area contributed by atoms with E-state index in [-0.39, 0.29) is 18.9 Å². The maximum absolute atomic E-state index is 14.4. The molecule has 2 aromatic rings. The van der Waals surface area contributed by atoms with Crippen molar-refractivity contribution in [3.63, 3.8) is 0 Å². The van der Waals surface area contributed by atoms with Crippen LogP contribution in [0.2, 0.25) is 0 Å². The number of piperidine rings is 1. The van der Waals surface area contributed by atoms with Gasteiger partial charge in [0.15, 0.2) is 0 Å². The van der Waals surface area contributed by atoms with Gasteiger partial charge in [-0.15, -0.1) is 0 Å². The number of carboxylic acids is 1. The molecule has 0 amide bonds. The van der Waals surface area contributed by atoms with Crippen LogP contribution in [0.4, 0.5) is 0 Å². The quantitative estimate of drug-likeness (QED) is 0.239. The molecule has 2 bridgehead atoms. The molecule has 220 valence electrons. The van der Waals surface area contributed by atoms with Crippen molar-refractivity contribution in [3.05, 3.63) is 71.8 Å². The summed E-state index contributed by atoms with van der Waals surface area (Å²) in [5.41, 5.74) is 5.28. The molecule has 2 unspecified atom stereocenters. The number of hydrogen-bond donors (Lipinski definition) is 2. The molecule has 0 aromatic heterocycles. The third-order valence-electron chi connectivity index (χ3n) is 9.27. The average Bonchev–Trinajstić information content (AvgIpc) is 3.51. The van der Waals surface area contributed by atoms with E-state index in [2.05, 4.69) is 0 Å². The van der Waals surface area contributed by atoms with Gasteiger partial charge >= 0.3 is 17.9 Å². The lowest BCUT2D eigenvalue weighted by Crippen LogP contribution is -2.60.